The smallest absolute Gasteiger partial charge is 0.213 e. The Kier molecular flexibility index (Phi) is 2.65. The van der Waals surface area contributed by atoms with Crippen molar-refractivity contribution in [3.63, 3.8) is 0 Å². The Hall–Kier alpha value is -1.09. The van der Waals surface area contributed by atoms with Gasteiger partial charge in [0.25, 0.3) is 0 Å². The topological polar surface area (TPSA) is 48.1 Å². The van der Waals surface area contributed by atoms with E-state index in [1.807, 2.05) is 19.9 Å². The summed E-state index contributed by atoms with van der Waals surface area (Å²) < 4.78 is 5.56. The first-order chi connectivity index (χ1) is 7.04. The summed E-state index contributed by atoms with van der Waals surface area (Å²) in [5.74, 6) is 0.703. The van der Waals surface area contributed by atoms with Gasteiger partial charge in [-0.3, -0.25) is 0 Å². The predicted octanol–water partition coefficient (Wildman–Crippen LogP) is 1.69. The minimum Gasteiger partial charge on any atom is -0.476 e. The summed E-state index contributed by atoms with van der Waals surface area (Å²) in [7, 11) is 0. The molecule has 1 aromatic heterocycles. The van der Waals surface area contributed by atoms with Crippen LogP contribution in [0.4, 0.5) is 0 Å². The molecular weight excluding hydrogens is 188 g/mol. The van der Waals surface area contributed by atoms with Crippen molar-refractivity contribution in [2.45, 2.75) is 38.6 Å². The van der Waals surface area contributed by atoms with Gasteiger partial charge in [-0.05, 0) is 38.7 Å². The average molecular weight is 206 g/mol. The molecule has 0 aliphatic heterocycles. The van der Waals surface area contributed by atoms with E-state index in [2.05, 4.69) is 11.1 Å². The van der Waals surface area contributed by atoms with Crippen molar-refractivity contribution in [1.29, 1.82) is 0 Å². The summed E-state index contributed by atoms with van der Waals surface area (Å²) >= 11 is 0. The van der Waals surface area contributed by atoms with Crippen LogP contribution in [0.15, 0.2) is 12.1 Å². The van der Waals surface area contributed by atoms with Crippen LogP contribution in [0.1, 0.15) is 31.5 Å². The molecule has 1 aromatic rings. The Bertz CT molecular complexity index is 355. The molecule has 3 nitrogen and oxygen atoms in total. The Balaban J connectivity index is 2.04. The lowest BCUT2D eigenvalue weighted by Gasteiger charge is -2.18. The highest BCUT2D eigenvalue weighted by atomic mass is 16.5. The van der Waals surface area contributed by atoms with E-state index in [1.54, 1.807) is 0 Å². The van der Waals surface area contributed by atoms with Crippen LogP contribution in [0.3, 0.4) is 0 Å². The zero-order chi connectivity index (χ0) is 10.9. The zero-order valence-corrected chi connectivity index (χ0v) is 9.42. The highest BCUT2D eigenvalue weighted by molar-refractivity contribution is 5.29. The standard InChI is InChI=1S/C12H18N2O/c1-12(2,13)8-15-11-7-6-9-4-3-5-10(9)14-11/h6-7H,3-5,8,13H2,1-2H3. The first kappa shape index (κ1) is 10.4. The van der Waals surface area contributed by atoms with Crippen LogP contribution < -0.4 is 10.5 Å². The summed E-state index contributed by atoms with van der Waals surface area (Å²) in [5.41, 5.74) is 8.10. The molecule has 0 saturated heterocycles. The Labute approximate surface area is 90.7 Å². The summed E-state index contributed by atoms with van der Waals surface area (Å²) in [6.07, 6.45) is 3.46. The normalized spacial score (nSPS) is 15.1. The first-order valence-electron chi connectivity index (χ1n) is 5.45. The number of aryl methyl sites for hydroxylation is 2. The lowest BCUT2D eigenvalue weighted by atomic mass is 10.1. The fourth-order valence-corrected chi connectivity index (χ4v) is 1.74. The lowest BCUT2D eigenvalue weighted by Crippen LogP contribution is -2.38. The number of hydrogen-bond acceptors (Lipinski definition) is 3. The van der Waals surface area contributed by atoms with Crippen LogP contribution in [-0.4, -0.2) is 17.1 Å². The van der Waals surface area contributed by atoms with E-state index in [1.165, 1.54) is 17.7 Å². The van der Waals surface area contributed by atoms with Crippen LogP contribution >= 0.6 is 0 Å². The molecule has 1 aliphatic carbocycles. The summed E-state index contributed by atoms with van der Waals surface area (Å²) in [6.45, 7) is 4.39. The van der Waals surface area contributed by atoms with Crippen LogP contribution in [0, 0.1) is 0 Å². The summed E-state index contributed by atoms with van der Waals surface area (Å²) in [6, 6.07) is 4.06. The maximum atomic E-state index is 5.84. The van der Waals surface area contributed by atoms with Crippen molar-refractivity contribution < 1.29 is 4.74 Å². The molecular formula is C12H18N2O. The molecule has 3 heteroatoms. The van der Waals surface area contributed by atoms with Gasteiger partial charge in [0.2, 0.25) is 5.88 Å². The number of aromatic nitrogens is 1. The molecule has 2 N–H and O–H groups in total. The third kappa shape index (κ3) is 2.69. The third-order valence-corrected chi connectivity index (χ3v) is 2.49. The van der Waals surface area contributed by atoms with Gasteiger partial charge < -0.3 is 10.5 Å². The number of fused-ring (bicyclic) bond motifs is 1. The van der Waals surface area contributed by atoms with Gasteiger partial charge in [-0.2, -0.15) is 0 Å². The molecule has 1 aliphatic rings. The van der Waals surface area contributed by atoms with Gasteiger partial charge in [-0.25, -0.2) is 4.98 Å². The van der Waals surface area contributed by atoms with Gasteiger partial charge in [-0.1, -0.05) is 6.07 Å². The van der Waals surface area contributed by atoms with E-state index in [0.29, 0.717) is 12.5 Å². The fourth-order valence-electron chi connectivity index (χ4n) is 1.74. The molecule has 1 heterocycles. The van der Waals surface area contributed by atoms with Crippen LogP contribution in [0.5, 0.6) is 5.88 Å². The second kappa shape index (κ2) is 3.81. The van der Waals surface area contributed by atoms with Gasteiger partial charge >= 0.3 is 0 Å². The van der Waals surface area contributed by atoms with Gasteiger partial charge in [0, 0.05) is 17.3 Å². The largest absolute Gasteiger partial charge is 0.476 e. The summed E-state index contributed by atoms with van der Waals surface area (Å²) in [4.78, 5) is 4.48. The maximum absolute atomic E-state index is 5.84. The van der Waals surface area contributed by atoms with Crippen molar-refractivity contribution in [1.82, 2.24) is 4.98 Å². The second-order valence-electron chi connectivity index (χ2n) is 4.89. The van der Waals surface area contributed by atoms with Crippen LogP contribution in [0.2, 0.25) is 0 Å². The molecule has 0 spiro atoms. The molecule has 2 rings (SSSR count). The third-order valence-electron chi connectivity index (χ3n) is 2.49. The van der Waals surface area contributed by atoms with Gasteiger partial charge in [0.05, 0.1) is 0 Å². The van der Waals surface area contributed by atoms with E-state index in [4.69, 9.17) is 10.5 Å². The van der Waals surface area contributed by atoms with Crippen molar-refractivity contribution in [3.05, 3.63) is 23.4 Å². The quantitative estimate of drug-likeness (QED) is 0.818. The number of ether oxygens (including phenoxy) is 1. The van der Waals surface area contributed by atoms with Gasteiger partial charge in [0.1, 0.15) is 6.61 Å². The molecule has 0 saturated carbocycles. The second-order valence-corrected chi connectivity index (χ2v) is 4.89. The Morgan fingerprint density at radius 3 is 2.93 bits per heavy atom. The molecule has 0 amide bonds. The average Bonchev–Trinajstić information content (AvgIpc) is 2.60. The van der Waals surface area contributed by atoms with E-state index in [9.17, 15) is 0 Å². The van der Waals surface area contributed by atoms with Crippen LogP contribution in [0.25, 0.3) is 0 Å². The number of rotatable bonds is 3. The minimum atomic E-state index is -0.305. The van der Waals surface area contributed by atoms with Gasteiger partial charge in [-0.15, -0.1) is 0 Å². The molecule has 0 atom stereocenters. The van der Waals surface area contributed by atoms with E-state index < -0.39 is 0 Å². The molecule has 0 bridgehead atoms. The minimum absolute atomic E-state index is 0.305. The fraction of sp³-hybridized carbons (Fsp3) is 0.583. The van der Waals surface area contributed by atoms with E-state index in [0.717, 1.165) is 12.8 Å². The SMILES string of the molecule is CC(C)(N)COc1ccc2c(n1)CCC2. The molecule has 0 unspecified atom stereocenters. The van der Waals surface area contributed by atoms with E-state index in [-0.39, 0.29) is 5.54 Å². The van der Waals surface area contributed by atoms with Crippen molar-refractivity contribution in [3.8, 4) is 5.88 Å². The maximum Gasteiger partial charge on any atom is 0.213 e. The first-order valence-corrected chi connectivity index (χ1v) is 5.45. The zero-order valence-electron chi connectivity index (χ0n) is 9.42. The monoisotopic (exact) mass is 206 g/mol. The van der Waals surface area contributed by atoms with Crippen LogP contribution in [-0.2, 0) is 12.8 Å². The Morgan fingerprint density at radius 2 is 2.20 bits per heavy atom. The van der Waals surface area contributed by atoms with Crippen molar-refractivity contribution in [2.24, 2.45) is 5.73 Å². The Morgan fingerprint density at radius 1 is 1.40 bits per heavy atom. The molecule has 0 aromatic carbocycles. The van der Waals surface area contributed by atoms with Gasteiger partial charge in [0.15, 0.2) is 0 Å². The molecule has 0 fully saturated rings. The number of hydrogen-bond donors (Lipinski definition) is 1. The number of nitrogens with two attached hydrogens (primary N) is 1. The highest BCUT2D eigenvalue weighted by Crippen LogP contribution is 2.22. The predicted molar refractivity (Wildman–Crippen MR) is 60.0 cm³/mol. The molecule has 15 heavy (non-hydrogen) atoms. The molecule has 0 radical (unpaired) electrons. The van der Waals surface area contributed by atoms with E-state index >= 15 is 0 Å². The van der Waals surface area contributed by atoms with Crippen molar-refractivity contribution in [2.75, 3.05) is 6.61 Å². The van der Waals surface area contributed by atoms with Crippen molar-refractivity contribution >= 4 is 0 Å². The number of pyridine rings is 1. The summed E-state index contributed by atoms with van der Waals surface area (Å²) in [5, 5.41) is 0. The number of nitrogens with zero attached hydrogens (tertiary/aromatic N) is 1. The highest BCUT2D eigenvalue weighted by Gasteiger charge is 2.15. The molecule has 82 valence electrons. The lowest BCUT2D eigenvalue weighted by molar-refractivity contribution is 0.234.